The molecular formula is C12H16N2O3. The number of carbonyl (C=O) groups excluding carboxylic acids is 1. The van der Waals surface area contributed by atoms with Gasteiger partial charge in [-0.2, -0.15) is 0 Å². The zero-order valence-electron chi connectivity index (χ0n) is 9.80. The van der Waals surface area contributed by atoms with Gasteiger partial charge in [0, 0.05) is 19.3 Å². The quantitative estimate of drug-likeness (QED) is 0.820. The van der Waals surface area contributed by atoms with Crippen LogP contribution < -0.4 is 4.74 Å². The number of nitrogens with zero attached hydrogens (tertiary/aromatic N) is 2. The number of piperidine rings is 1. The predicted molar refractivity (Wildman–Crippen MR) is 61.9 cm³/mol. The van der Waals surface area contributed by atoms with Crippen molar-refractivity contribution in [1.29, 1.82) is 0 Å². The van der Waals surface area contributed by atoms with Crippen LogP contribution in [0.1, 0.15) is 23.2 Å². The second-order valence-corrected chi connectivity index (χ2v) is 4.08. The minimum atomic E-state index is -0.283. The normalized spacial score (nSPS) is 16.9. The van der Waals surface area contributed by atoms with E-state index in [-0.39, 0.29) is 12.0 Å². The molecule has 0 spiro atoms. The van der Waals surface area contributed by atoms with Crippen LogP contribution in [0.25, 0.3) is 0 Å². The van der Waals surface area contributed by atoms with Crippen molar-refractivity contribution >= 4 is 5.91 Å². The monoisotopic (exact) mass is 236 g/mol. The van der Waals surface area contributed by atoms with Gasteiger partial charge >= 0.3 is 0 Å². The maximum atomic E-state index is 12.2. The van der Waals surface area contributed by atoms with E-state index in [0.29, 0.717) is 37.4 Å². The maximum Gasteiger partial charge on any atom is 0.259 e. The zero-order valence-corrected chi connectivity index (χ0v) is 9.80. The fourth-order valence-corrected chi connectivity index (χ4v) is 1.96. The number of aliphatic hydroxyl groups is 1. The van der Waals surface area contributed by atoms with Gasteiger partial charge in [0.05, 0.1) is 13.2 Å². The van der Waals surface area contributed by atoms with Crippen molar-refractivity contribution in [2.45, 2.75) is 18.9 Å². The predicted octanol–water partition coefficient (Wildman–Crippen LogP) is 0.687. The standard InChI is InChI=1S/C12H16N2O3/c1-17-11-10(3-2-6-13-11)12(16)14-7-4-9(15)5-8-14/h2-3,6,9,15H,4-5,7-8H2,1H3. The van der Waals surface area contributed by atoms with Gasteiger partial charge < -0.3 is 14.7 Å². The van der Waals surface area contributed by atoms with Gasteiger partial charge in [0.25, 0.3) is 5.91 Å². The van der Waals surface area contributed by atoms with Crippen LogP contribution in [0.15, 0.2) is 18.3 Å². The van der Waals surface area contributed by atoms with E-state index in [2.05, 4.69) is 4.98 Å². The second-order valence-electron chi connectivity index (χ2n) is 4.08. The Labute approximate surface area is 100 Å². The molecule has 92 valence electrons. The first-order valence-electron chi connectivity index (χ1n) is 5.68. The molecule has 0 radical (unpaired) electrons. The Hall–Kier alpha value is -1.62. The number of rotatable bonds is 2. The van der Waals surface area contributed by atoms with Crippen LogP contribution in [0.3, 0.4) is 0 Å². The van der Waals surface area contributed by atoms with Crippen molar-refractivity contribution < 1.29 is 14.6 Å². The molecule has 2 rings (SSSR count). The average molecular weight is 236 g/mol. The molecule has 0 aliphatic carbocycles. The highest BCUT2D eigenvalue weighted by atomic mass is 16.5. The smallest absolute Gasteiger partial charge is 0.259 e. The number of aromatic nitrogens is 1. The molecule has 1 aliphatic rings. The molecule has 1 fully saturated rings. The van der Waals surface area contributed by atoms with E-state index in [0.717, 1.165) is 0 Å². The van der Waals surface area contributed by atoms with Gasteiger partial charge in [0.2, 0.25) is 5.88 Å². The summed E-state index contributed by atoms with van der Waals surface area (Å²) in [6.45, 7) is 1.16. The highest BCUT2D eigenvalue weighted by molar-refractivity contribution is 5.96. The van der Waals surface area contributed by atoms with Crippen molar-refractivity contribution in [1.82, 2.24) is 9.88 Å². The van der Waals surface area contributed by atoms with Crippen LogP contribution in [0.4, 0.5) is 0 Å². The van der Waals surface area contributed by atoms with Crippen molar-refractivity contribution in [3.05, 3.63) is 23.9 Å². The summed E-state index contributed by atoms with van der Waals surface area (Å²) in [5.74, 6) is 0.269. The Balaban J connectivity index is 2.14. The van der Waals surface area contributed by atoms with E-state index < -0.39 is 0 Å². The number of carbonyl (C=O) groups is 1. The minimum absolute atomic E-state index is 0.0816. The van der Waals surface area contributed by atoms with E-state index in [4.69, 9.17) is 4.74 Å². The van der Waals surface area contributed by atoms with E-state index in [1.807, 2.05) is 0 Å². The molecule has 1 aliphatic heterocycles. The van der Waals surface area contributed by atoms with Crippen molar-refractivity contribution in [2.24, 2.45) is 0 Å². The van der Waals surface area contributed by atoms with Crippen LogP contribution in [-0.2, 0) is 0 Å². The molecule has 0 saturated carbocycles. The molecule has 0 atom stereocenters. The summed E-state index contributed by atoms with van der Waals surface area (Å²) in [6.07, 6.45) is 2.58. The molecule has 5 nitrogen and oxygen atoms in total. The fraction of sp³-hybridized carbons (Fsp3) is 0.500. The van der Waals surface area contributed by atoms with Crippen molar-refractivity contribution in [3.63, 3.8) is 0 Å². The molecule has 0 aromatic carbocycles. The number of aliphatic hydroxyl groups excluding tert-OH is 1. The first kappa shape index (κ1) is 11.9. The third kappa shape index (κ3) is 2.55. The lowest BCUT2D eigenvalue weighted by Gasteiger charge is -2.29. The number of hydrogen-bond acceptors (Lipinski definition) is 4. The molecule has 1 saturated heterocycles. The maximum absolute atomic E-state index is 12.2. The second kappa shape index (κ2) is 5.14. The molecule has 1 aromatic rings. The van der Waals surface area contributed by atoms with Crippen LogP contribution in [0.2, 0.25) is 0 Å². The third-order valence-electron chi connectivity index (χ3n) is 2.95. The number of likely N-dealkylation sites (tertiary alicyclic amines) is 1. The molecule has 1 N–H and O–H groups in total. The Morgan fingerprint density at radius 3 is 2.88 bits per heavy atom. The number of ether oxygens (including phenoxy) is 1. The summed E-state index contributed by atoms with van der Waals surface area (Å²) in [6, 6.07) is 3.42. The lowest BCUT2D eigenvalue weighted by molar-refractivity contribution is 0.0543. The summed E-state index contributed by atoms with van der Waals surface area (Å²) in [7, 11) is 1.50. The van der Waals surface area contributed by atoms with Crippen LogP contribution in [0.5, 0.6) is 5.88 Å². The van der Waals surface area contributed by atoms with Gasteiger partial charge in [-0.15, -0.1) is 0 Å². The van der Waals surface area contributed by atoms with Gasteiger partial charge in [0.15, 0.2) is 0 Å². The molecule has 0 unspecified atom stereocenters. The number of methoxy groups -OCH3 is 1. The molecule has 2 heterocycles. The lowest BCUT2D eigenvalue weighted by Crippen LogP contribution is -2.40. The zero-order chi connectivity index (χ0) is 12.3. The van der Waals surface area contributed by atoms with E-state index >= 15 is 0 Å². The first-order chi connectivity index (χ1) is 8.22. The number of amides is 1. The van der Waals surface area contributed by atoms with Crippen LogP contribution in [0, 0.1) is 0 Å². The minimum Gasteiger partial charge on any atom is -0.480 e. The summed E-state index contributed by atoms with van der Waals surface area (Å²) in [5.41, 5.74) is 0.478. The number of hydrogen-bond donors (Lipinski definition) is 1. The molecule has 1 amide bonds. The summed E-state index contributed by atoms with van der Waals surface area (Å²) in [4.78, 5) is 17.9. The van der Waals surface area contributed by atoms with Gasteiger partial charge in [0.1, 0.15) is 5.56 Å². The molecule has 5 heteroatoms. The average Bonchev–Trinajstić information content (AvgIpc) is 2.39. The first-order valence-corrected chi connectivity index (χ1v) is 5.68. The third-order valence-corrected chi connectivity index (χ3v) is 2.95. The molecular weight excluding hydrogens is 220 g/mol. The Morgan fingerprint density at radius 1 is 1.53 bits per heavy atom. The SMILES string of the molecule is COc1ncccc1C(=O)N1CCC(O)CC1. The van der Waals surface area contributed by atoms with E-state index in [9.17, 15) is 9.90 Å². The lowest BCUT2D eigenvalue weighted by atomic mass is 10.1. The topological polar surface area (TPSA) is 62.7 Å². The van der Waals surface area contributed by atoms with E-state index in [1.165, 1.54) is 7.11 Å². The van der Waals surface area contributed by atoms with Gasteiger partial charge in [-0.25, -0.2) is 4.98 Å². The highest BCUT2D eigenvalue weighted by Gasteiger charge is 2.24. The Bertz CT molecular complexity index is 400. The number of pyridine rings is 1. The molecule has 0 bridgehead atoms. The molecule has 1 aromatic heterocycles. The van der Waals surface area contributed by atoms with Gasteiger partial charge in [-0.3, -0.25) is 4.79 Å². The van der Waals surface area contributed by atoms with Crippen molar-refractivity contribution in [2.75, 3.05) is 20.2 Å². The largest absolute Gasteiger partial charge is 0.480 e. The fourth-order valence-electron chi connectivity index (χ4n) is 1.96. The highest BCUT2D eigenvalue weighted by Crippen LogP contribution is 2.19. The van der Waals surface area contributed by atoms with Gasteiger partial charge in [-0.05, 0) is 25.0 Å². The van der Waals surface area contributed by atoms with E-state index in [1.54, 1.807) is 23.2 Å². The molecule has 17 heavy (non-hydrogen) atoms. The Morgan fingerprint density at radius 2 is 2.24 bits per heavy atom. The van der Waals surface area contributed by atoms with Crippen LogP contribution in [-0.4, -0.2) is 47.2 Å². The van der Waals surface area contributed by atoms with Crippen molar-refractivity contribution in [3.8, 4) is 5.88 Å². The Kier molecular flexibility index (Phi) is 3.58. The summed E-state index contributed by atoms with van der Waals surface area (Å²) < 4.78 is 5.07. The summed E-state index contributed by atoms with van der Waals surface area (Å²) in [5, 5.41) is 9.41. The summed E-state index contributed by atoms with van der Waals surface area (Å²) >= 11 is 0. The van der Waals surface area contributed by atoms with Gasteiger partial charge in [-0.1, -0.05) is 0 Å². The van der Waals surface area contributed by atoms with Crippen LogP contribution >= 0.6 is 0 Å².